The average molecular weight is 175 g/mol. The maximum atomic E-state index is 4.11. The van der Waals surface area contributed by atoms with Crippen LogP contribution in [-0.4, -0.2) is 17.1 Å². The molecule has 0 atom stereocenters. The molecule has 0 radical (unpaired) electrons. The maximum Gasteiger partial charge on any atom is 0.141 e. The van der Waals surface area contributed by atoms with Gasteiger partial charge < -0.3 is 10.6 Å². The van der Waals surface area contributed by atoms with Crippen molar-refractivity contribution in [2.24, 2.45) is 0 Å². The van der Waals surface area contributed by atoms with E-state index in [2.05, 4.69) is 41.7 Å². The molecule has 0 aliphatic carbocycles. The molecule has 68 valence electrons. The molecule has 0 aromatic carbocycles. The lowest BCUT2D eigenvalue weighted by Crippen LogP contribution is -2.42. The van der Waals surface area contributed by atoms with Crippen molar-refractivity contribution in [3.05, 3.63) is 23.9 Å². The van der Waals surface area contributed by atoms with E-state index in [9.17, 15) is 0 Å². The van der Waals surface area contributed by atoms with Crippen molar-refractivity contribution in [1.29, 1.82) is 0 Å². The second-order valence-corrected chi connectivity index (χ2v) is 3.98. The van der Waals surface area contributed by atoms with E-state index in [0.29, 0.717) is 0 Å². The van der Waals surface area contributed by atoms with Crippen LogP contribution in [0.15, 0.2) is 6.07 Å². The van der Waals surface area contributed by atoms with Gasteiger partial charge in [-0.1, -0.05) is 0 Å². The van der Waals surface area contributed by atoms with Crippen LogP contribution in [-0.2, 0) is 6.54 Å². The number of hydrogen-bond donors (Lipinski definition) is 2. The van der Waals surface area contributed by atoms with Crippen LogP contribution >= 0.6 is 0 Å². The second kappa shape index (κ2) is 2.90. The fourth-order valence-electron chi connectivity index (χ4n) is 1.34. The lowest BCUT2D eigenvalue weighted by molar-refractivity contribution is 0.414. The number of nitrogens with one attached hydrogen (secondary N) is 2. The van der Waals surface area contributed by atoms with Crippen molar-refractivity contribution in [3.63, 3.8) is 0 Å². The molecule has 2 N–H and O–H groups in total. The number of nitrogens with zero attached hydrogens (tertiary/aromatic N) is 1. The molecule has 1 aromatic heterocycles. The standard InChI is InChI=1S/C10H13N3/c1-10(2)7-12-9-8(6-13-10)4-3-5-11-9/h4,13H,6-7H2,1-2H3,(H,11,12). The van der Waals surface area contributed by atoms with Crippen LogP contribution in [0.4, 0.5) is 5.82 Å². The van der Waals surface area contributed by atoms with Gasteiger partial charge in [0, 0.05) is 30.4 Å². The van der Waals surface area contributed by atoms with Gasteiger partial charge in [-0.25, -0.2) is 0 Å². The van der Waals surface area contributed by atoms with E-state index in [1.165, 1.54) is 0 Å². The Kier molecular flexibility index (Phi) is 1.86. The Labute approximate surface area is 78.6 Å². The predicted octanol–water partition coefficient (Wildman–Crippen LogP) is 0.976. The molecule has 1 aliphatic heterocycles. The average Bonchev–Trinajstić information content (AvgIpc) is 2.27. The molecule has 3 nitrogen and oxygen atoms in total. The Bertz CT molecular complexity index is 278. The summed E-state index contributed by atoms with van der Waals surface area (Å²) >= 11 is 0. The number of rotatable bonds is 0. The highest BCUT2D eigenvalue weighted by Gasteiger charge is 2.21. The fraction of sp³-hybridized carbons (Fsp3) is 0.500. The molecule has 0 bridgehead atoms. The molecule has 3 heteroatoms. The van der Waals surface area contributed by atoms with E-state index in [1.54, 1.807) is 0 Å². The van der Waals surface area contributed by atoms with Gasteiger partial charge in [-0.2, -0.15) is 4.98 Å². The zero-order chi connectivity index (χ0) is 9.31. The topological polar surface area (TPSA) is 37.0 Å². The molecular weight excluding hydrogens is 162 g/mol. The van der Waals surface area contributed by atoms with E-state index in [4.69, 9.17) is 0 Å². The summed E-state index contributed by atoms with van der Waals surface area (Å²) in [5.74, 6) is 0.928. The highest BCUT2D eigenvalue weighted by molar-refractivity contribution is 5.44. The summed E-state index contributed by atoms with van der Waals surface area (Å²) in [6.07, 6.45) is 2.71. The van der Waals surface area contributed by atoms with Crippen molar-refractivity contribution in [2.75, 3.05) is 11.9 Å². The molecule has 0 fully saturated rings. The monoisotopic (exact) mass is 175 g/mol. The summed E-state index contributed by atoms with van der Waals surface area (Å²) in [6, 6.07) is 4.78. The van der Waals surface area contributed by atoms with E-state index in [0.717, 1.165) is 24.5 Å². The summed E-state index contributed by atoms with van der Waals surface area (Å²) in [6.45, 7) is 6.05. The van der Waals surface area contributed by atoms with Gasteiger partial charge in [-0.3, -0.25) is 0 Å². The minimum Gasteiger partial charge on any atom is -0.367 e. The Morgan fingerprint density at radius 1 is 1.54 bits per heavy atom. The van der Waals surface area contributed by atoms with Gasteiger partial charge in [-0.05, 0) is 26.0 Å². The van der Waals surface area contributed by atoms with Crippen LogP contribution in [0.1, 0.15) is 19.4 Å². The van der Waals surface area contributed by atoms with Crippen molar-refractivity contribution in [2.45, 2.75) is 25.9 Å². The molecule has 0 unspecified atom stereocenters. The van der Waals surface area contributed by atoms with Crippen molar-refractivity contribution >= 4 is 5.82 Å². The van der Waals surface area contributed by atoms with E-state index in [-0.39, 0.29) is 5.54 Å². The van der Waals surface area contributed by atoms with Crippen molar-refractivity contribution in [3.8, 4) is 0 Å². The number of anilines is 1. The first kappa shape index (κ1) is 8.33. The van der Waals surface area contributed by atoms with Crippen LogP contribution in [0.3, 0.4) is 0 Å². The zero-order valence-electron chi connectivity index (χ0n) is 7.94. The Morgan fingerprint density at radius 3 is 3.23 bits per heavy atom. The van der Waals surface area contributed by atoms with Crippen LogP contribution in [0.2, 0.25) is 0 Å². The summed E-state index contributed by atoms with van der Waals surface area (Å²) < 4.78 is 0. The first-order valence-electron chi connectivity index (χ1n) is 4.44. The van der Waals surface area contributed by atoms with Crippen LogP contribution in [0.25, 0.3) is 0 Å². The summed E-state index contributed by atoms with van der Waals surface area (Å²) in [7, 11) is 0. The number of hydrogen-bond acceptors (Lipinski definition) is 3. The van der Waals surface area contributed by atoms with Gasteiger partial charge in [0.15, 0.2) is 0 Å². The van der Waals surface area contributed by atoms with Crippen LogP contribution in [0.5, 0.6) is 0 Å². The lowest BCUT2D eigenvalue weighted by atomic mass is 10.1. The zero-order valence-corrected chi connectivity index (χ0v) is 7.94. The SMILES string of the molecule is CC1(C)CNc2nc#ccc2CN1. The minimum atomic E-state index is 0.112. The third kappa shape index (κ3) is 1.73. The fourth-order valence-corrected chi connectivity index (χ4v) is 1.34. The minimum absolute atomic E-state index is 0.112. The molecule has 2 heterocycles. The van der Waals surface area contributed by atoms with Gasteiger partial charge in [-0.15, -0.1) is 0 Å². The third-order valence-corrected chi connectivity index (χ3v) is 2.24. The molecule has 1 aliphatic rings. The predicted molar refractivity (Wildman–Crippen MR) is 51.3 cm³/mol. The normalized spacial score (nSPS) is 19.2. The first-order chi connectivity index (χ1) is 6.17. The lowest BCUT2D eigenvalue weighted by Gasteiger charge is -2.23. The Morgan fingerprint density at radius 2 is 2.38 bits per heavy atom. The molecule has 1 aromatic rings. The Balaban J connectivity index is 2.27. The third-order valence-electron chi connectivity index (χ3n) is 2.24. The van der Waals surface area contributed by atoms with Crippen LogP contribution in [0, 0.1) is 12.3 Å². The molecule has 0 amide bonds. The highest BCUT2D eigenvalue weighted by atomic mass is 15.1. The molecule has 0 spiro atoms. The van der Waals surface area contributed by atoms with Gasteiger partial charge in [0.05, 0.1) is 0 Å². The van der Waals surface area contributed by atoms with Gasteiger partial charge in [0.1, 0.15) is 5.82 Å². The highest BCUT2D eigenvalue weighted by Crippen LogP contribution is 2.16. The molecule has 13 heavy (non-hydrogen) atoms. The van der Waals surface area contributed by atoms with Crippen LogP contribution < -0.4 is 10.6 Å². The summed E-state index contributed by atoms with van der Waals surface area (Å²) in [4.78, 5) is 4.11. The summed E-state index contributed by atoms with van der Waals surface area (Å²) in [5, 5.41) is 6.73. The van der Waals surface area contributed by atoms with Gasteiger partial charge in [0.25, 0.3) is 0 Å². The van der Waals surface area contributed by atoms with Crippen molar-refractivity contribution in [1.82, 2.24) is 10.3 Å². The Hall–Kier alpha value is -1.27. The largest absolute Gasteiger partial charge is 0.367 e. The summed E-state index contributed by atoms with van der Waals surface area (Å²) in [5.41, 5.74) is 1.27. The molecular formula is C10H13N3. The van der Waals surface area contributed by atoms with E-state index in [1.807, 2.05) is 6.07 Å². The molecule has 0 saturated carbocycles. The second-order valence-electron chi connectivity index (χ2n) is 3.98. The van der Waals surface area contributed by atoms with E-state index >= 15 is 0 Å². The quantitative estimate of drug-likeness (QED) is 0.617. The number of aromatic nitrogens is 1. The first-order valence-corrected chi connectivity index (χ1v) is 4.44. The van der Waals surface area contributed by atoms with Crippen molar-refractivity contribution < 1.29 is 0 Å². The van der Waals surface area contributed by atoms with Gasteiger partial charge >= 0.3 is 0 Å². The molecule has 0 saturated heterocycles. The molecule has 2 rings (SSSR count). The smallest absolute Gasteiger partial charge is 0.141 e. The van der Waals surface area contributed by atoms with E-state index < -0.39 is 0 Å². The maximum absolute atomic E-state index is 4.11. The van der Waals surface area contributed by atoms with Gasteiger partial charge in [0.2, 0.25) is 0 Å². The number of fused-ring (bicyclic) bond motifs is 1.